The largest absolute Gasteiger partial charge is 0.295 e. The van der Waals surface area contributed by atoms with Crippen LogP contribution in [0.2, 0.25) is 0 Å². The second-order valence-corrected chi connectivity index (χ2v) is 4.57. The Balaban J connectivity index is 2.61. The van der Waals surface area contributed by atoms with E-state index in [1.54, 1.807) is 25.0 Å². The second-order valence-electron chi connectivity index (χ2n) is 2.50. The van der Waals surface area contributed by atoms with Crippen LogP contribution in [0.15, 0.2) is 31.1 Å². The summed E-state index contributed by atoms with van der Waals surface area (Å²) >= 11 is 4.37. The average molecular weight is 411 g/mol. The molecule has 0 bridgehead atoms. The second kappa shape index (κ2) is 4.43. The Morgan fingerprint density at radius 3 is 2.86 bits per heavy atom. The van der Waals surface area contributed by atoms with Crippen molar-refractivity contribution in [3.8, 4) is 11.3 Å². The van der Waals surface area contributed by atoms with Gasteiger partial charge in [0.25, 0.3) is 6.33 Å². The zero-order valence-corrected chi connectivity index (χ0v) is 11.2. The summed E-state index contributed by atoms with van der Waals surface area (Å²) in [5.74, 6) is 0. The van der Waals surface area contributed by atoms with Gasteiger partial charge in [-0.1, -0.05) is 4.98 Å². The fourth-order valence-corrected chi connectivity index (χ4v) is 2.14. The number of hydrogen-bond acceptors (Lipinski definition) is 3. The Morgan fingerprint density at radius 1 is 1.29 bits per heavy atom. The van der Waals surface area contributed by atoms with Gasteiger partial charge in [-0.3, -0.25) is 0 Å². The van der Waals surface area contributed by atoms with Crippen LogP contribution < -0.4 is 2.78 Å². The van der Waals surface area contributed by atoms with Gasteiger partial charge in [-0.15, -0.1) is 0 Å². The summed E-state index contributed by atoms with van der Waals surface area (Å²) in [6.07, 6.45) is 6.86. The van der Waals surface area contributed by atoms with Crippen LogP contribution in [-0.2, 0) is 0 Å². The highest BCUT2D eigenvalue weighted by Gasteiger charge is 2.11. The SMILES string of the molecule is Ic1ncncc1-c1ccnc[n+]1I. The number of rotatable bonds is 1. The highest BCUT2D eigenvalue weighted by atomic mass is 127. The molecule has 0 aliphatic heterocycles. The lowest BCUT2D eigenvalue weighted by molar-refractivity contribution is -0.431. The molecule has 2 aromatic rings. The summed E-state index contributed by atoms with van der Waals surface area (Å²) in [6.45, 7) is 0. The third kappa shape index (κ3) is 2.00. The predicted octanol–water partition coefficient (Wildman–Crippen LogP) is 1.63. The molecule has 0 saturated heterocycles. The number of nitrogens with zero attached hydrogens (tertiary/aromatic N) is 4. The summed E-state index contributed by atoms with van der Waals surface area (Å²) in [5, 5.41) is 0. The smallest absolute Gasteiger partial charge is 0.244 e. The topological polar surface area (TPSA) is 42.6 Å². The Hall–Kier alpha value is -0.380. The Bertz CT molecular complexity index is 417. The first kappa shape index (κ1) is 10.1. The van der Waals surface area contributed by atoms with Crippen molar-refractivity contribution in [3.63, 3.8) is 0 Å². The zero-order valence-electron chi connectivity index (χ0n) is 6.93. The maximum Gasteiger partial charge on any atom is 0.295 e. The predicted molar refractivity (Wildman–Crippen MR) is 67.6 cm³/mol. The van der Waals surface area contributed by atoms with Gasteiger partial charge in [-0.25, -0.2) is 9.97 Å². The van der Waals surface area contributed by atoms with Crippen molar-refractivity contribution in [1.82, 2.24) is 15.0 Å². The summed E-state index contributed by atoms with van der Waals surface area (Å²) in [6, 6.07) is 1.94. The molecule has 2 heterocycles. The van der Waals surface area contributed by atoms with Gasteiger partial charge < -0.3 is 0 Å². The first-order chi connectivity index (χ1) is 6.79. The lowest BCUT2D eigenvalue weighted by Crippen LogP contribution is -2.23. The van der Waals surface area contributed by atoms with Gasteiger partial charge in [0.2, 0.25) is 22.9 Å². The first-order valence-corrected chi connectivity index (χ1v) is 5.81. The van der Waals surface area contributed by atoms with Crippen molar-refractivity contribution < 1.29 is 2.78 Å². The molecule has 0 amide bonds. The molecule has 2 rings (SSSR count). The molecular formula is C8H5I2N4+. The van der Waals surface area contributed by atoms with Crippen molar-refractivity contribution in [2.24, 2.45) is 0 Å². The van der Waals surface area contributed by atoms with E-state index in [4.69, 9.17) is 0 Å². The maximum absolute atomic E-state index is 4.14. The Kier molecular flexibility index (Phi) is 3.21. The van der Waals surface area contributed by atoms with Gasteiger partial charge in [0, 0.05) is 12.3 Å². The molecular weight excluding hydrogens is 406 g/mol. The van der Waals surface area contributed by atoms with E-state index in [9.17, 15) is 0 Å². The van der Waals surface area contributed by atoms with Crippen LogP contribution in [0.25, 0.3) is 11.3 Å². The fraction of sp³-hybridized carbons (Fsp3) is 0. The van der Waals surface area contributed by atoms with E-state index in [1.807, 2.05) is 8.85 Å². The standard InChI is InChI=1S/C8H5I2N4/c9-8-6(3-12-4-13-8)7-1-2-11-5-14(7)10/h1-5H/q+1. The Morgan fingerprint density at radius 2 is 2.14 bits per heavy atom. The third-order valence-electron chi connectivity index (χ3n) is 1.66. The number of halogens is 2. The minimum absolute atomic E-state index is 0.939. The van der Waals surface area contributed by atoms with E-state index in [1.165, 1.54) is 0 Å². The van der Waals surface area contributed by atoms with Gasteiger partial charge in [-0.05, 0) is 22.6 Å². The molecule has 0 aliphatic rings. The monoisotopic (exact) mass is 411 g/mol. The van der Waals surface area contributed by atoms with Gasteiger partial charge >= 0.3 is 0 Å². The average Bonchev–Trinajstić information content (AvgIpc) is 2.20. The van der Waals surface area contributed by atoms with E-state index in [0.29, 0.717) is 0 Å². The summed E-state index contributed by atoms with van der Waals surface area (Å²) in [5.41, 5.74) is 2.07. The van der Waals surface area contributed by atoms with Crippen LogP contribution in [-0.4, -0.2) is 15.0 Å². The van der Waals surface area contributed by atoms with Crippen molar-refractivity contribution >= 4 is 45.5 Å². The van der Waals surface area contributed by atoms with E-state index in [2.05, 4.69) is 60.4 Å². The molecule has 70 valence electrons. The molecule has 0 radical (unpaired) electrons. The molecule has 0 unspecified atom stereocenters. The van der Waals surface area contributed by atoms with E-state index >= 15 is 0 Å². The van der Waals surface area contributed by atoms with Gasteiger partial charge in [0.15, 0.2) is 5.69 Å². The lowest BCUT2D eigenvalue weighted by Gasteiger charge is -2.00. The number of aromatic nitrogens is 4. The van der Waals surface area contributed by atoms with Gasteiger partial charge in [-0.2, -0.15) is 2.78 Å². The maximum atomic E-state index is 4.14. The van der Waals surface area contributed by atoms with Crippen molar-refractivity contribution in [2.75, 3.05) is 0 Å². The minimum Gasteiger partial charge on any atom is -0.244 e. The van der Waals surface area contributed by atoms with Crippen molar-refractivity contribution in [3.05, 3.63) is 34.8 Å². The van der Waals surface area contributed by atoms with Gasteiger partial charge in [0.1, 0.15) is 16.2 Å². The molecule has 0 spiro atoms. The van der Waals surface area contributed by atoms with E-state index in [0.717, 1.165) is 15.0 Å². The van der Waals surface area contributed by atoms with Crippen LogP contribution in [0.5, 0.6) is 0 Å². The van der Waals surface area contributed by atoms with Crippen LogP contribution in [0.4, 0.5) is 0 Å². The zero-order chi connectivity index (χ0) is 9.97. The first-order valence-electron chi connectivity index (χ1n) is 3.77. The highest BCUT2D eigenvalue weighted by molar-refractivity contribution is 14.1. The summed E-state index contributed by atoms with van der Waals surface area (Å²) in [7, 11) is 0. The Labute approximate surface area is 108 Å². The normalized spacial score (nSPS) is 10.1. The lowest BCUT2D eigenvalue weighted by atomic mass is 10.2. The molecule has 0 aliphatic carbocycles. The number of hydrogen-bond donors (Lipinski definition) is 0. The van der Waals surface area contributed by atoms with E-state index < -0.39 is 0 Å². The minimum atomic E-state index is 0.939. The highest BCUT2D eigenvalue weighted by Crippen LogP contribution is 2.18. The molecule has 0 saturated carbocycles. The van der Waals surface area contributed by atoms with Crippen LogP contribution in [0.3, 0.4) is 0 Å². The van der Waals surface area contributed by atoms with Crippen molar-refractivity contribution in [1.29, 1.82) is 0 Å². The molecule has 4 nitrogen and oxygen atoms in total. The molecule has 0 aromatic carbocycles. The summed E-state index contributed by atoms with van der Waals surface area (Å²) in [4.78, 5) is 12.2. The molecule has 6 heteroatoms. The van der Waals surface area contributed by atoms with Crippen LogP contribution >= 0.6 is 45.5 Å². The molecule has 0 N–H and O–H groups in total. The quantitative estimate of drug-likeness (QED) is 0.530. The van der Waals surface area contributed by atoms with Crippen LogP contribution in [0.1, 0.15) is 0 Å². The molecule has 2 aromatic heterocycles. The fourth-order valence-electron chi connectivity index (χ4n) is 1.04. The van der Waals surface area contributed by atoms with E-state index in [-0.39, 0.29) is 0 Å². The van der Waals surface area contributed by atoms with Crippen LogP contribution in [0, 0.1) is 3.70 Å². The molecule has 14 heavy (non-hydrogen) atoms. The molecule has 0 fully saturated rings. The van der Waals surface area contributed by atoms with Crippen molar-refractivity contribution in [2.45, 2.75) is 0 Å². The van der Waals surface area contributed by atoms with Gasteiger partial charge in [0.05, 0.1) is 5.56 Å². The summed E-state index contributed by atoms with van der Waals surface area (Å²) < 4.78 is 2.85. The molecule has 0 atom stereocenters. The third-order valence-corrected chi connectivity index (χ3v) is 3.28.